The smallest absolute Gasteiger partial charge is 0.289 e. The zero-order valence-corrected chi connectivity index (χ0v) is 20.4. The van der Waals surface area contributed by atoms with Crippen LogP contribution >= 0.6 is 24.0 Å². The van der Waals surface area contributed by atoms with Gasteiger partial charge in [-0.05, 0) is 36.8 Å². The number of amides is 1. The summed E-state index contributed by atoms with van der Waals surface area (Å²) >= 11 is 0. The first-order valence-corrected chi connectivity index (χ1v) is 10.3. The minimum atomic E-state index is -0.0607. The predicted molar refractivity (Wildman–Crippen MR) is 130 cm³/mol. The van der Waals surface area contributed by atoms with Gasteiger partial charge in [0.05, 0.1) is 19.4 Å². The molecule has 0 unspecified atom stereocenters. The summed E-state index contributed by atoms with van der Waals surface area (Å²) in [6.07, 6.45) is 1.53. The highest BCUT2D eigenvalue weighted by molar-refractivity contribution is 14.0. The molecule has 31 heavy (non-hydrogen) atoms. The van der Waals surface area contributed by atoms with Crippen LogP contribution in [-0.2, 0) is 11.3 Å². The molecule has 1 aliphatic heterocycles. The molecule has 0 saturated carbocycles. The van der Waals surface area contributed by atoms with Gasteiger partial charge in [-0.15, -0.1) is 24.0 Å². The molecule has 9 heteroatoms. The van der Waals surface area contributed by atoms with Gasteiger partial charge in [0.25, 0.3) is 5.91 Å². The third kappa shape index (κ3) is 7.42. The van der Waals surface area contributed by atoms with Crippen molar-refractivity contribution in [2.45, 2.75) is 13.5 Å². The van der Waals surface area contributed by atoms with E-state index in [4.69, 9.17) is 18.9 Å². The Labute approximate surface area is 200 Å². The molecule has 1 aliphatic rings. The molecule has 1 fully saturated rings. The second kappa shape index (κ2) is 13.2. The monoisotopic (exact) mass is 542 g/mol. The fraction of sp³-hybridized carbons (Fsp3) is 0.455. The number of aliphatic imine (C=N–C) groups is 1. The number of benzene rings is 1. The number of nitrogens with one attached hydrogen (secondary N) is 1. The molecule has 1 N–H and O–H groups in total. The van der Waals surface area contributed by atoms with Crippen molar-refractivity contribution in [3.8, 4) is 5.75 Å². The van der Waals surface area contributed by atoms with Gasteiger partial charge in [-0.25, -0.2) is 4.99 Å². The summed E-state index contributed by atoms with van der Waals surface area (Å²) in [6, 6.07) is 11.4. The molecule has 2 heterocycles. The number of hydrogen-bond acceptors (Lipinski definition) is 5. The lowest BCUT2D eigenvalue weighted by molar-refractivity contribution is 0.0657. The molecular formula is C22H31IN4O4. The lowest BCUT2D eigenvalue weighted by Crippen LogP contribution is -2.53. The summed E-state index contributed by atoms with van der Waals surface area (Å²) in [7, 11) is 1.66. The van der Waals surface area contributed by atoms with Crippen LogP contribution in [0, 0.1) is 0 Å². The number of guanidine groups is 1. The first-order chi connectivity index (χ1) is 14.7. The average molecular weight is 542 g/mol. The molecule has 0 bridgehead atoms. The van der Waals surface area contributed by atoms with Crippen LogP contribution in [0.25, 0.3) is 0 Å². The van der Waals surface area contributed by atoms with E-state index in [0.29, 0.717) is 38.6 Å². The minimum Gasteiger partial charge on any atom is -0.491 e. The van der Waals surface area contributed by atoms with Crippen molar-refractivity contribution in [3.05, 3.63) is 54.0 Å². The van der Waals surface area contributed by atoms with Gasteiger partial charge in [-0.3, -0.25) is 4.79 Å². The molecule has 3 rings (SSSR count). The Kier molecular flexibility index (Phi) is 10.6. The van der Waals surface area contributed by atoms with Gasteiger partial charge in [-0.2, -0.15) is 0 Å². The largest absolute Gasteiger partial charge is 0.491 e. The lowest BCUT2D eigenvalue weighted by atomic mass is 10.2. The molecule has 0 spiro atoms. The Bertz CT molecular complexity index is 803. The predicted octanol–water partition coefficient (Wildman–Crippen LogP) is 2.85. The van der Waals surface area contributed by atoms with Crippen LogP contribution in [0.15, 0.2) is 52.1 Å². The maximum Gasteiger partial charge on any atom is 0.289 e. The number of piperazine rings is 1. The summed E-state index contributed by atoms with van der Waals surface area (Å²) in [5.74, 6) is 2.01. The molecule has 2 aromatic rings. The average Bonchev–Trinajstić information content (AvgIpc) is 3.32. The Morgan fingerprint density at radius 3 is 2.42 bits per heavy atom. The van der Waals surface area contributed by atoms with Crippen LogP contribution in [0.4, 0.5) is 0 Å². The summed E-state index contributed by atoms with van der Waals surface area (Å²) in [6.45, 7) is 7.25. The van der Waals surface area contributed by atoms with Gasteiger partial charge in [0.1, 0.15) is 12.4 Å². The highest BCUT2D eigenvalue weighted by Crippen LogP contribution is 2.14. The Hall–Kier alpha value is -2.27. The summed E-state index contributed by atoms with van der Waals surface area (Å²) < 4.78 is 15.8. The van der Waals surface area contributed by atoms with E-state index in [1.807, 2.05) is 29.2 Å². The normalized spacial score (nSPS) is 14.2. The van der Waals surface area contributed by atoms with Gasteiger partial charge in [0.2, 0.25) is 0 Å². The van der Waals surface area contributed by atoms with E-state index in [2.05, 4.69) is 17.1 Å². The van der Waals surface area contributed by atoms with Crippen molar-refractivity contribution in [2.24, 2.45) is 4.99 Å². The van der Waals surface area contributed by atoms with Crippen molar-refractivity contribution in [1.82, 2.24) is 15.1 Å². The second-order valence-electron chi connectivity index (χ2n) is 6.91. The zero-order valence-electron chi connectivity index (χ0n) is 18.1. The maximum absolute atomic E-state index is 12.4. The Morgan fingerprint density at radius 1 is 1.10 bits per heavy atom. The van der Waals surface area contributed by atoms with Crippen molar-refractivity contribution in [1.29, 1.82) is 0 Å². The molecule has 1 saturated heterocycles. The van der Waals surface area contributed by atoms with Crippen LogP contribution in [0.1, 0.15) is 23.0 Å². The van der Waals surface area contributed by atoms with E-state index in [0.717, 1.165) is 36.9 Å². The van der Waals surface area contributed by atoms with Crippen LogP contribution < -0.4 is 10.1 Å². The van der Waals surface area contributed by atoms with Crippen molar-refractivity contribution < 1.29 is 18.7 Å². The fourth-order valence-corrected chi connectivity index (χ4v) is 3.20. The zero-order chi connectivity index (χ0) is 21.2. The fourth-order valence-electron chi connectivity index (χ4n) is 3.20. The lowest BCUT2D eigenvalue weighted by Gasteiger charge is -2.36. The minimum absolute atomic E-state index is 0. The van der Waals surface area contributed by atoms with E-state index in [9.17, 15) is 4.79 Å². The van der Waals surface area contributed by atoms with Crippen molar-refractivity contribution in [3.63, 3.8) is 0 Å². The molecule has 0 radical (unpaired) electrons. The van der Waals surface area contributed by atoms with Crippen molar-refractivity contribution in [2.75, 3.05) is 53.0 Å². The number of hydrogen-bond donors (Lipinski definition) is 1. The molecule has 1 aromatic heterocycles. The Morgan fingerprint density at radius 2 is 1.81 bits per heavy atom. The number of ether oxygens (including phenoxy) is 2. The Balaban J connectivity index is 0.00000341. The summed E-state index contributed by atoms with van der Waals surface area (Å²) in [4.78, 5) is 21.2. The quantitative estimate of drug-likeness (QED) is 0.239. The topological polar surface area (TPSA) is 79.5 Å². The van der Waals surface area contributed by atoms with E-state index < -0.39 is 0 Å². The third-order valence-electron chi connectivity index (χ3n) is 4.82. The second-order valence-corrected chi connectivity index (χ2v) is 6.91. The molecule has 8 nitrogen and oxygen atoms in total. The van der Waals surface area contributed by atoms with Crippen LogP contribution in [0.5, 0.6) is 5.75 Å². The van der Waals surface area contributed by atoms with Gasteiger partial charge >= 0.3 is 0 Å². The van der Waals surface area contributed by atoms with Gasteiger partial charge in [-0.1, -0.05) is 12.1 Å². The van der Waals surface area contributed by atoms with E-state index in [-0.39, 0.29) is 29.9 Å². The van der Waals surface area contributed by atoms with Gasteiger partial charge in [0.15, 0.2) is 11.7 Å². The summed E-state index contributed by atoms with van der Waals surface area (Å²) in [5, 5.41) is 3.36. The number of carbonyl (C=O) groups is 1. The summed E-state index contributed by atoms with van der Waals surface area (Å²) in [5.41, 5.74) is 1.11. The first-order valence-electron chi connectivity index (χ1n) is 10.3. The standard InChI is InChI=1S/C22H30N4O4.HI/c1-3-23-22(24-17-18-6-8-19(9-7-18)29-16-15-28-2)26-12-10-25(11-13-26)21(27)20-5-4-14-30-20;/h4-9,14H,3,10-13,15-17H2,1-2H3,(H,23,24);1H. The van der Waals surface area contributed by atoms with Gasteiger partial charge in [0, 0.05) is 39.8 Å². The molecule has 1 aromatic carbocycles. The number of furan rings is 1. The van der Waals surface area contributed by atoms with E-state index in [1.54, 1.807) is 19.2 Å². The molecule has 1 amide bonds. The SMILES string of the molecule is CCNC(=NCc1ccc(OCCOC)cc1)N1CCN(C(=O)c2ccco2)CC1.I. The number of halogens is 1. The number of carbonyl (C=O) groups excluding carboxylic acids is 1. The van der Waals surface area contributed by atoms with Gasteiger partial charge < -0.3 is 29.0 Å². The number of nitrogens with zero attached hydrogens (tertiary/aromatic N) is 3. The molecular weight excluding hydrogens is 511 g/mol. The van der Waals surface area contributed by atoms with Crippen LogP contribution in [0.2, 0.25) is 0 Å². The molecule has 0 atom stereocenters. The van der Waals surface area contributed by atoms with Crippen LogP contribution in [-0.4, -0.2) is 74.7 Å². The maximum atomic E-state index is 12.4. The molecule has 0 aliphatic carbocycles. The van der Waals surface area contributed by atoms with Crippen LogP contribution in [0.3, 0.4) is 0 Å². The van der Waals surface area contributed by atoms with E-state index >= 15 is 0 Å². The first kappa shape index (κ1) is 25.0. The van der Waals surface area contributed by atoms with Crippen molar-refractivity contribution >= 4 is 35.8 Å². The molecule has 170 valence electrons. The number of methoxy groups -OCH3 is 1. The number of rotatable bonds is 8. The third-order valence-corrected chi connectivity index (χ3v) is 4.82. The highest BCUT2D eigenvalue weighted by atomic mass is 127. The highest BCUT2D eigenvalue weighted by Gasteiger charge is 2.25. The van der Waals surface area contributed by atoms with E-state index in [1.165, 1.54) is 6.26 Å².